The second-order valence-electron chi connectivity index (χ2n) is 14.0. The van der Waals surface area contributed by atoms with Gasteiger partial charge in [0.25, 0.3) is 5.91 Å². The molecule has 2 saturated carbocycles. The highest BCUT2D eigenvalue weighted by molar-refractivity contribution is 6.04. The van der Waals surface area contributed by atoms with Gasteiger partial charge in [-0.3, -0.25) is 14.5 Å². The molecule has 7 rings (SSSR count). The Labute approximate surface area is 263 Å². The Balaban J connectivity index is 1.11. The average molecular weight is 628 g/mol. The zero-order valence-corrected chi connectivity index (χ0v) is 26.0. The molecule has 2 aromatic rings. The molecule has 3 aliphatic heterocycles. The monoisotopic (exact) mass is 627 g/mol. The molecule has 5 aliphatic rings. The van der Waals surface area contributed by atoms with E-state index < -0.39 is 35.5 Å². The van der Waals surface area contributed by atoms with Crippen LogP contribution < -0.4 is 21.7 Å². The molecule has 5 fully saturated rings. The Bertz CT molecular complexity index is 1390. The molecule has 5 heterocycles. The molecule has 2 amide bonds. The maximum atomic E-state index is 17.3. The first-order valence-corrected chi connectivity index (χ1v) is 17.1. The lowest BCUT2D eigenvalue weighted by molar-refractivity contribution is -0.139. The van der Waals surface area contributed by atoms with E-state index in [1.54, 1.807) is 0 Å². The maximum absolute atomic E-state index is 17.3. The normalized spacial score (nSPS) is 31.4. The van der Waals surface area contributed by atoms with Crippen molar-refractivity contribution in [2.75, 3.05) is 38.5 Å². The Hall–Kier alpha value is -2.90. The van der Waals surface area contributed by atoms with Crippen molar-refractivity contribution < 1.29 is 18.4 Å². The number of likely N-dealkylation sites (tertiary alicyclic amines) is 1. The second kappa shape index (κ2) is 12.7. The predicted molar refractivity (Wildman–Crippen MR) is 166 cm³/mol. The number of amides is 2. The molecular weight excluding hydrogens is 580 g/mol. The van der Waals surface area contributed by atoms with Crippen molar-refractivity contribution in [3.63, 3.8) is 0 Å². The fraction of sp³-hybridized carbons (Fsp3) is 0.750. The number of nitrogens with one attached hydrogen (secondary N) is 3. The Morgan fingerprint density at radius 2 is 1.76 bits per heavy atom. The molecule has 0 aromatic carbocycles. The number of rotatable bonds is 4. The van der Waals surface area contributed by atoms with E-state index in [1.165, 1.54) is 19.3 Å². The van der Waals surface area contributed by atoms with Crippen molar-refractivity contribution in [2.24, 2.45) is 5.92 Å². The summed E-state index contributed by atoms with van der Waals surface area (Å²) in [6.07, 6.45) is 12.6. The van der Waals surface area contributed by atoms with Crippen LogP contribution in [0.2, 0.25) is 0 Å². The molecule has 5 unspecified atom stereocenters. The zero-order valence-electron chi connectivity index (χ0n) is 26.0. The Kier molecular flexibility index (Phi) is 8.68. The minimum absolute atomic E-state index is 0.0546. The number of alkyl halides is 1. The van der Waals surface area contributed by atoms with Gasteiger partial charge in [-0.15, -0.1) is 5.10 Å². The molecule has 11 nitrogen and oxygen atoms in total. The van der Waals surface area contributed by atoms with E-state index in [0.29, 0.717) is 44.6 Å². The molecule has 1 spiro atoms. The summed E-state index contributed by atoms with van der Waals surface area (Å²) in [5.74, 6) is -0.972. The van der Waals surface area contributed by atoms with E-state index in [2.05, 4.69) is 35.8 Å². The minimum atomic E-state index is -1.21. The number of anilines is 1. The SMILES string of the molecule is Nc1nn2cc(F)cnc2c1C(=O)NC1CNC2(CCCCCCCCC2)C(F)C1N1CCC(C(=O)N2CCNC3CC32)CC1. The lowest BCUT2D eigenvalue weighted by Crippen LogP contribution is -2.73. The number of nitrogen functional groups attached to an aromatic ring is 1. The van der Waals surface area contributed by atoms with Crippen molar-refractivity contribution in [3.8, 4) is 0 Å². The van der Waals surface area contributed by atoms with Gasteiger partial charge in [0, 0.05) is 37.6 Å². The van der Waals surface area contributed by atoms with Crippen LogP contribution in [0.15, 0.2) is 12.4 Å². The highest BCUT2D eigenvalue weighted by Gasteiger charge is 2.53. The third-order valence-corrected chi connectivity index (χ3v) is 11.2. The van der Waals surface area contributed by atoms with Gasteiger partial charge in [-0.25, -0.2) is 18.3 Å². The molecule has 0 bridgehead atoms. The smallest absolute Gasteiger partial charge is 0.259 e. The summed E-state index contributed by atoms with van der Waals surface area (Å²) >= 11 is 0. The lowest BCUT2D eigenvalue weighted by Gasteiger charge is -2.53. The molecule has 5 atom stereocenters. The van der Waals surface area contributed by atoms with E-state index in [4.69, 9.17) is 5.73 Å². The van der Waals surface area contributed by atoms with E-state index in [9.17, 15) is 14.0 Å². The molecule has 246 valence electrons. The molecule has 0 radical (unpaired) electrons. The summed E-state index contributed by atoms with van der Waals surface area (Å²) in [7, 11) is 0. The van der Waals surface area contributed by atoms with Crippen LogP contribution in [0, 0.1) is 11.7 Å². The van der Waals surface area contributed by atoms with Gasteiger partial charge in [0.15, 0.2) is 17.3 Å². The fourth-order valence-electron chi connectivity index (χ4n) is 8.60. The lowest BCUT2D eigenvalue weighted by atomic mass is 9.73. The first kappa shape index (κ1) is 30.7. The molecule has 3 saturated heterocycles. The first-order valence-electron chi connectivity index (χ1n) is 17.1. The molecule has 5 N–H and O–H groups in total. The highest BCUT2D eigenvalue weighted by atomic mass is 19.1. The maximum Gasteiger partial charge on any atom is 0.259 e. The fourth-order valence-corrected chi connectivity index (χ4v) is 8.60. The number of hydrogen-bond acceptors (Lipinski definition) is 8. The number of nitrogens with two attached hydrogens (primary N) is 1. The van der Waals surface area contributed by atoms with Crippen molar-refractivity contribution >= 4 is 23.3 Å². The minimum Gasteiger partial charge on any atom is -0.381 e. The average Bonchev–Trinajstić information content (AvgIpc) is 3.76. The van der Waals surface area contributed by atoms with Crippen LogP contribution in [0.5, 0.6) is 0 Å². The number of fused-ring (bicyclic) bond motifs is 2. The van der Waals surface area contributed by atoms with Crippen LogP contribution in [0.3, 0.4) is 0 Å². The van der Waals surface area contributed by atoms with Gasteiger partial charge in [-0.1, -0.05) is 44.9 Å². The second-order valence-corrected chi connectivity index (χ2v) is 14.0. The summed E-state index contributed by atoms with van der Waals surface area (Å²) in [5.41, 5.74) is 5.66. The number of aromatic nitrogens is 3. The van der Waals surface area contributed by atoms with E-state index in [0.717, 1.165) is 74.9 Å². The molecule has 2 aromatic heterocycles. The van der Waals surface area contributed by atoms with Crippen LogP contribution in [0.25, 0.3) is 5.65 Å². The molecule has 2 aliphatic carbocycles. The number of halogens is 2. The third kappa shape index (κ3) is 6.03. The summed E-state index contributed by atoms with van der Waals surface area (Å²) in [4.78, 5) is 35.5. The Morgan fingerprint density at radius 3 is 2.49 bits per heavy atom. The molecular formula is C32H47F2N9O2. The summed E-state index contributed by atoms with van der Waals surface area (Å²) in [6, 6.07) is -0.334. The highest BCUT2D eigenvalue weighted by Crippen LogP contribution is 2.39. The van der Waals surface area contributed by atoms with Gasteiger partial charge < -0.3 is 26.6 Å². The van der Waals surface area contributed by atoms with Gasteiger partial charge in [0.05, 0.1) is 30.0 Å². The van der Waals surface area contributed by atoms with Crippen LogP contribution >= 0.6 is 0 Å². The standard InChI is InChI=1S/C32H47F2N9O2/c33-21-17-37-29-25(28(35)40-43(29)19-21)30(44)39-23-18-38-32(10-6-4-2-1-3-5-7-11-32)27(34)26(23)41-13-8-20(9-14-41)31(45)42-15-12-36-22-16-24(22)42/h17,19-20,22-24,26-27,36,38H,1-16,18H2,(H2,35,40)(H,39,44). The topological polar surface area (TPSA) is 133 Å². The zero-order chi connectivity index (χ0) is 31.1. The van der Waals surface area contributed by atoms with Gasteiger partial charge in [-0.2, -0.15) is 0 Å². The van der Waals surface area contributed by atoms with Gasteiger partial charge in [0.1, 0.15) is 11.7 Å². The predicted octanol–water partition coefficient (Wildman–Crippen LogP) is 2.41. The number of nitrogens with zero attached hydrogens (tertiary/aromatic N) is 5. The van der Waals surface area contributed by atoms with E-state index >= 15 is 4.39 Å². The Morgan fingerprint density at radius 1 is 1.04 bits per heavy atom. The van der Waals surface area contributed by atoms with Gasteiger partial charge >= 0.3 is 0 Å². The van der Waals surface area contributed by atoms with Crippen LogP contribution in [0.1, 0.15) is 87.4 Å². The number of carbonyl (C=O) groups excluding carboxylic acids is 2. The van der Waals surface area contributed by atoms with Crippen LogP contribution in [0.4, 0.5) is 14.6 Å². The van der Waals surface area contributed by atoms with Crippen molar-refractivity contribution in [2.45, 2.75) is 113 Å². The number of hydrogen-bond donors (Lipinski definition) is 4. The van der Waals surface area contributed by atoms with Gasteiger partial charge in [0.2, 0.25) is 5.91 Å². The molecule has 13 heteroatoms. The van der Waals surface area contributed by atoms with Crippen molar-refractivity contribution in [3.05, 3.63) is 23.8 Å². The number of carbonyl (C=O) groups is 2. The third-order valence-electron chi connectivity index (χ3n) is 11.2. The van der Waals surface area contributed by atoms with Crippen LogP contribution in [-0.2, 0) is 4.79 Å². The van der Waals surface area contributed by atoms with Gasteiger partial charge in [-0.05, 0) is 45.2 Å². The first-order chi connectivity index (χ1) is 21.8. The largest absolute Gasteiger partial charge is 0.381 e. The summed E-state index contributed by atoms with van der Waals surface area (Å²) in [6.45, 7) is 3.22. The summed E-state index contributed by atoms with van der Waals surface area (Å²) < 4.78 is 32.3. The quantitative estimate of drug-likeness (QED) is 0.407. The van der Waals surface area contributed by atoms with E-state index in [1.807, 2.05) is 0 Å². The van der Waals surface area contributed by atoms with Crippen molar-refractivity contribution in [1.82, 2.24) is 40.3 Å². The molecule has 45 heavy (non-hydrogen) atoms. The van der Waals surface area contributed by atoms with Crippen LogP contribution in [-0.4, -0.2) is 105 Å². The number of piperidine rings is 2. The van der Waals surface area contributed by atoms with Crippen molar-refractivity contribution in [1.29, 1.82) is 0 Å². The number of piperazine rings is 1. The summed E-state index contributed by atoms with van der Waals surface area (Å²) in [5, 5.41) is 14.2. The van der Waals surface area contributed by atoms with E-state index in [-0.39, 0.29) is 28.9 Å².